The summed E-state index contributed by atoms with van der Waals surface area (Å²) < 4.78 is -0.243. The summed E-state index contributed by atoms with van der Waals surface area (Å²) in [5.74, 6) is 0.535. The molecular weight excluding hydrogens is 262 g/mol. The average Bonchev–Trinajstić information content (AvgIpc) is 2.45. The monoisotopic (exact) mass is 279 g/mol. The van der Waals surface area contributed by atoms with Crippen LogP contribution < -0.4 is 0 Å². The van der Waals surface area contributed by atoms with E-state index in [0.717, 1.165) is 12.8 Å². The number of nitrogens with zero attached hydrogens (tertiary/aromatic N) is 1. The molecule has 1 aliphatic carbocycles. The third kappa shape index (κ3) is 2.46. The lowest BCUT2D eigenvalue weighted by atomic mass is 9.71. The van der Waals surface area contributed by atoms with E-state index < -0.39 is 0 Å². The number of hydrogen-bond acceptors (Lipinski definition) is 2. The summed E-state index contributed by atoms with van der Waals surface area (Å²) in [7, 11) is 0. The largest absolute Gasteiger partial charge is 0.197 e. The van der Waals surface area contributed by atoms with Crippen LogP contribution in [-0.4, -0.2) is 4.75 Å². The summed E-state index contributed by atoms with van der Waals surface area (Å²) in [5, 5.41) is 9.58. The van der Waals surface area contributed by atoms with E-state index in [4.69, 9.17) is 0 Å². The first-order valence-corrected chi connectivity index (χ1v) is 7.75. The first kappa shape index (κ1) is 13.3. The Labute approximate surface area is 124 Å². The molecule has 100 valence electrons. The molecule has 0 amide bonds. The van der Waals surface area contributed by atoms with Gasteiger partial charge in [-0.2, -0.15) is 5.26 Å². The number of benzene rings is 2. The van der Waals surface area contributed by atoms with Gasteiger partial charge in [0.15, 0.2) is 0 Å². The van der Waals surface area contributed by atoms with Crippen molar-refractivity contribution in [3.05, 3.63) is 65.7 Å². The molecule has 0 N–H and O–H groups in total. The highest BCUT2D eigenvalue weighted by atomic mass is 32.2. The van der Waals surface area contributed by atoms with E-state index in [0.29, 0.717) is 5.92 Å². The van der Waals surface area contributed by atoms with E-state index in [1.165, 1.54) is 16.0 Å². The van der Waals surface area contributed by atoms with E-state index >= 15 is 0 Å². The lowest BCUT2D eigenvalue weighted by molar-refractivity contribution is 0.368. The maximum atomic E-state index is 9.58. The summed E-state index contributed by atoms with van der Waals surface area (Å²) in [5.41, 5.74) is 2.62. The minimum atomic E-state index is -0.243. The molecule has 0 aliphatic heterocycles. The molecule has 0 unspecified atom stereocenters. The van der Waals surface area contributed by atoms with Crippen LogP contribution in [0.1, 0.15) is 29.9 Å². The van der Waals surface area contributed by atoms with Crippen molar-refractivity contribution in [2.45, 2.75) is 35.3 Å². The molecule has 1 nitrogen and oxygen atoms in total. The van der Waals surface area contributed by atoms with Crippen molar-refractivity contribution < 1.29 is 0 Å². The molecule has 1 aliphatic rings. The Bertz CT molecular complexity index is 636. The van der Waals surface area contributed by atoms with Gasteiger partial charge in [-0.05, 0) is 42.9 Å². The van der Waals surface area contributed by atoms with E-state index in [1.807, 2.05) is 18.2 Å². The number of rotatable bonds is 3. The van der Waals surface area contributed by atoms with Gasteiger partial charge in [-0.1, -0.05) is 48.5 Å². The molecule has 2 aromatic rings. The molecule has 0 bridgehead atoms. The smallest absolute Gasteiger partial charge is 0.108 e. The maximum Gasteiger partial charge on any atom is 0.108 e. The normalized spacial score (nSPS) is 24.7. The zero-order valence-corrected chi connectivity index (χ0v) is 12.4. The molecule has 3 rings (SSSR count). The molecule has 0 atom stereocenters. The van der Waals surface area contributed by atoms with Crippen molar-refractivity contribution in [1.29, 1.82) is 5.26 Å². The molecule has 20 heavy (non-hydrogen) atoms. The van der Waals surface area contributed by atoms with Gasteiger partial charge in [-0.15, -0.1) is 11.8 Å². The Morgan fingerprint density at radius 2 is 1.70 bits per heavy atom. The lowest BCUT2D eigenvalue weighted by Gasteiger charge is -2.42. The SMILES string of the molecule is Cc1ccccc1SC1(C#N)CC(c2ccccc2)C1. The van der Waals surface area contributed by atoms with Gasteiger partial charge in [0.25, 0.3) is 0 Å². The van der Waals surface area contributed by atoms with Gasteiger partial charge < -0.3 is 0 Å². The summed E-state index contributed by atoms with van der Waals surface area (Å²) in [4.78, 5) is 1.24. The minimum Gasteiger partial charge on any atom is -0.197 e. The van der Waals surface area contributed by atoms with Crippen LogP contribution in [0.2, 0.25) is 0 Å². The number of hydrogen-bond donors (Lipinski definition) is 0. The van der Waals surface area contributed by atoms with Crippen molar-refractivity contribution in [2.24, 2.45) is 0 Å². The molecule has 1 saturated carbocycles. The fourth-order valence-electron chi connectivity index (χ4n) is 2.78. The van der Waals surface area contributed by atoms with Gasteiger partial charge in [-0.25, -0.2) is 0 Å². The Morgan fingerprint density at radius 3 is 2.35 bits per heavy atom. The Morgan fingerprint density at radius 1 is 1.05 bits per heavy atom. The second-order valence-electron chi connectivity index (χ2n) is 5.49. The third-order valence-electron chi connectivity index (χ3n) is 4.03. The number of aryl methyl sites for hydroxylation is 1. The summed E-state index contributed by atoms with van der Waals surface area (Å²) in [6.45, 7) is 2.11. The first-order chi connectivity index (χ1) is 9.72. The van der Waals surface area contributed by atoms with Crippen LogP contribution in [0.3, 0.4) is 0 Å². The molecule has 2 heteroatoms. The predicted octanol–water partition coefficient (Wildman–Crippen LogP) is 4.93. The minimum absolute atomic E-state index is 0.243. The predicted molar refractivity (Wildman–Crippen MR) is 83.8 cm³/mol. The van der Waals surface area contributed by atoms with Crippen molar-refractivity contribution >= 4 is 11.8 Å². The first-order valence-electron chi connectivity index (χ1n) is 6.93. The quantitative estimate of drug-likeness (QED) is 0.795. The zero-order chi connectivity index (χ0) is 14.0. The van der Waals surface area contributed by atoms with Gasteiger partial charge in [0, 0.05) is 4.90 Å². The maximum absolute atomic E-state index is 9.58. The van der Waals surface area contributed by atoms with E-state index in [9.17, 15) is 5.26 Å². The van der Waals surface area contributed by atoms with Crippen LogP contribution in [0.5, 0.6) is 0 Å². The Hall–Kier alpha value is -1.72. The second-order valence-corrected chi connectivity index (χ2v) is 6.91. The van der Waals surface area contributed by atoms with Gasteiger partial charge in [0.05, 0.1) is 6.07 Å². The van der Waals surface area contributed by atoms with Crippen LogP contribution in [-0.2, 0) is 0 Å². The molecule has 0 saturated heterocycles. The van der Waals surface area contributed by atoms with Crippen LogP contribution in [0.15, 0.2) is 59.5 Å². The zero-order valence-electron chi connectivity index (χ0n) is 11.5. The van der Waals surface area contributed by atoms with Crippen molar-refractivity contribution in [3.63, 3.8) is 0 Å². The fourth-order valence-corrected chi connectivity index (χ4v) is 4.19. The molecule has 0 spiro atoms. The fraction of sp³-hybridized carbons (Fsp3) is 0.278. The Kier molecular flexibility index (Phi) is 3.54. The van der Waals surface area contributed by atoms with Crippen molar-refractivity contribution in [2.75, 3.05) is 0 Å². The number of nitriles is 1. The van der Waals surface area contributed by atoms with Crippen LogP contribution in [0, 0.1) is 18.3 Å². The van der Waals surface area contributed by atoms with Gasteiger partial charge in [-0.3, -0.25) is 0 Å². The van der Waals surface area contributed by atoms with E-state index in [2.05, 4.69) is 49.4 Å². The highest BCUT2D eigenvalue weighted by molar-refractivity contribution is 8.01. The summed E-state index contributed by atoms with van der Waals surface area (Å²) >= 11 is 1.74. The molecule has 0 aromatic heterocycles. The average molecular weight is 279 g/mol. The highest BCUT2D eigenvalue weighted by Crippen LogP contribution is 2.54. The molecule has 2 aromatic carbocycles. The summed E-state index contributed by atoms with van der Waals surface area (Å²) in [6.07, 6.45) is 1.90. The van der Waals surface area contributed by atoms with Crippen molar-refractivity contribution in [1.82, 2.24) is 0 Å². The van der Waals surface area contributed by atoms with Gasteiger partial charge >= 0.3 is 0 Å². The van der Waals surface area contributed by atoms with Crippen LogP contribution in [0.25, 0.3) is 0 Å². The van der Waals surface area contributed by atoms with E-state index in [1.54, 1.807) is 11.8 Å². The summed E-state index contributed by atoms with van der Waals surface area (Å²) in [6, 6.07) is 21.4. The van der Waals surface area contributed by atoms with Gasteiger partial charge in [0.1, 0.15) is 4.75 Å². The van der Waals surface area contributed by atoms with E-state index in [-0.39, 0.29) is 4.75 Å². The second kappa shape index (κ2) is 5.34. The Balaban J connectivity index is 1.74. The van der Waals surface area contributed by atoms with Crippen LogP contribution in [0.4, 0.5) is 0 Å². The standard InChI is InChI=1S/C18H17NS/c1-14-7-5-6-10-17(14)20-18(13-19)11-16(12-18)15-8-3-2-4-9-15/h2-10,16H,11-12H2,1H3. The molecule has 1 fully saturated rings. The lowest BCUT2D eigenvalue weighted by Crippen LogP contribution is -2.38. The topological polar surface area (TPSA) is 23.8 Å². The van der Waals surface area contributed by atoms with Crippen molar-refractivity contribution in [3.8, 4) is 6.07 Å². The van der Waals surface area contributed by atoms with Gasteiger partial charge in [0.2, 0.25) is 0 Å². The molecular formula is C18H17NS. The molecule has 0 radical (unpaired) electrons. The number of thioether (sulfide) groups is 1. The molecule has 0 heterocycles. The van der Waals surface area contributed by atoms with Crippen LogP contribution >= 0.6 is 11.8 Å². The third-order valence-corrected chi connectivity index (χ3v) is 5.52. The highest BCUT2D eigenvalue weighted by Gasteiger charge is 2.46.